The van der Waals surface area contributed by atoms with Gasteiger partial charge in [0, 0.05) is 22.2 Å². The first-order chi connectivity index (χ1) is 14.5. The highest BCUT2D eigenvalue weighted by Crippen LogP contribution is 2.45. The number of nitrogens with zero attached hydrogens (tertiary/aromatic N) is 1. The van der Waals surface area contributed by atoms with Crippen molar-refractivity contribution < 1.29 is 24.2 Å². The highest BCUT2D eigenvalue weighted by atomic mass is 32.1. The second kappa shape index (κ2) is 7.03. The average molecular weight is 419 g/mol. The molecule has 1 fully saturated rings. The number of aliphatic hydroxyl groups excluding tert-OH is 1. The van der Waals surface area contributed by atoms with Crippen molar-refractivity contribution in [2.45, 2.75) is 13.0 Å². The summed E-state index contributed by atoms with van der Waals surface area (Å²) in [4.78, 5) is 28.3. The summed E-state index contributed by atoms with van der Waals surface area (Å²) < 4.78 is 10.8. The fourth-order valence-electron chi connectivity index (χ4n) is 3.72. The molecule has 6 nitrogen and oxygen atoms in total. The van der Waals surface area contributed by atoms with Crippen molar-refractivity contribution >= 4 is 34.5 Å². The summed E-state index contributed by atoms with van der Waals surface area (Å²) in [5.41, 5.74) is 2.10. The van der Waals surface area contributed by atoms with E-state index in [1.54, 1.807) is 30.3 Å². The van der Waals surface area contributed by atoms with E-state index in [1.165, 1.54) is 16.2 Å². The van der Waals surface area contributed by atoms with Crippen molar-refractivity contribution in [3.8, 4) is 11.5 Å². The molecule has 3 heterocycles. The van der Waals surface area contributed by atoms with E-state index in [0.29, 0.717) is 22.7 Å². The van der Waals surface area contributed by atoms with E-state index in [0.717, 1.165) is 10.4 Å². The quantitative estimate of drug-likeness (QED) is 0.387. The van der Waals surface area contributed by atoms with Crippen LogP contribution in [0.2, 0.25) is 0 Å². The topological polar surface area (TPSA) is 76.1 Å². The highest BCUT2D eigenvalue weighted by molar-refractivity contribution is 7.10. The van der Waals surface area contributed by atoms with Gasteiger partial charge in [0.15, 0.2) is 11.5 Å². The summed E-state index contributed by atoms with van der Waals surface area (Å²) in [7, 11) is 0. The number of carbonyl (C=O) groups excluding carboxylic acids is 2. The monoisotopic (exact) mass is 419 g/mol. The molecular weight excluding hydrogens is 402 g/mol. The van der Waals surface area contributed by atoms with Crippen LogP contribution in [-0.4, -0.2) is 23.6 Å². The number of benzene rings is 2. The van der Waals surface area contributed by atoms with Gasteiger partial charge in [0.2, 0.25) is 6.79 Å². The maximum Gasteiger partial charge on any atom is 0.300 e. The second-order valence-corrected chi connectivity index (χ2v) is 8.07. The molecule has 30 heavy (non-hydrogen) atoms. The summed E-state index contributed by atoms with van der Waals surface area (Å²) in [6.07, 6.45) is 0. The van der Waals surface area contributed by atoms with Gasteiger partial charge in [0.25, 0.3) is 11.7 Å². The molecule has 0 spiro atoms. The molecule has 1 saturated heterocycles. The lowest BCUT2D eigenvalue weighted by molar-refractivity contribution is -0.132. The maximum absolute atomic E-state index is 13.1. The number of hydrogen-bond acceptors (Lipinski definition) is 6. The Kier molecular flexibility index (Phi) is 4.33. The zero-order valence-corrected chi connectivity index (χ0v) is 16.8. The van der Waals surface area contributed by atoms with Crippen LogP contribution in [-0.2, 0) is 9.59 Å². The average Bonchev–Trinajstić information content (AvgIpc) is 3.48. The van der Waals surface area contributed by atoms with Crippen molar-refractivity contribution in [1.82, 2.24) is 0 Å². The molecule has 150 valence electrons. The molecule has 2 aliphatic heterocycles. The number of amides is 1. The van der Waals surface area contributed by atoms with Gasteiger partial charge in [-0.2, -0.15) is 0 Å². The van der Waals surface area contributed by atoms with Crippen LogP contribution in [0.25, 0.3) is 5.76 Å². The van der Waals surface area contributed by atoms with Crippen LogP contribution in [0.3, 0.4) is 0 Å². The summed E-state index contributed by atoms with van der Waals surface area (Å²) in [6.45, 7) is 2.05. The standard InChI is InChI=1S/C23H17NO5S/c1-13-4-6-14(7-5-13)21(25)19-20(18-3-2-10-30-18)24(23(27)22(19)26)15-8-9-16-17(11-15)29-12-28-16/h2-11,20,25H,12H2,1H3/b21-19-. The van der Waals surface area contributed by atoms with Gasteiger partial charge in [-0.3, -0.25) is 14.5 Å². The van der Waals surface area contributed by atoms with E-state index in [1.807, 2.05) is 36.6 Å². The fraction of sp³-hybridized carbons (Fsp3) is 0.130. The molecule has 0 bridgehead atoms. The number of carbonyl (C=O) groups is 2. The van der Waals surface area contributed by atoms with E-state index in [-0.39, 0.29) is 18.1 Å². The molecule has 1 N–H and O–H groups in total. The number of thiophene rings is 1. The van der Waals surface area contributed by atoms with E-state index in [9.17, 15) is 14.7 Å². The smallest absolute Gasteiger partial charge is 0.300 e. The van der Waals surface area contributed by atoms with Gasteiger partial charge in [-0.25, -0.2) is 0 Å². The summed E-state index contributed by atoms with van der Waals surface area (Å²) in [5, 5.41) is 12.9. The molecule has 1 unspecified atom stereocenters. The minimum Gasteiger partial charge on any atom is -0.507 e. The highest BCUT2D eigenvalue weighted by Gasteiger charge is 2.47. The molecule has 1 amide bonds. The Morgan fingerprint density at radius 2 is 1.83 bits per heavy atom. The van der Waals surface area contributed by atoms with E-state index < -0.39 is 17.7 Å². The van der Waals surface area contributed by atoms with Gasteiger partial charge >= 0.3 is 0 Å². The number of Topliss-reactive ketones (excluding diaryl/α,β-unsaturated/α-hetero) is 1. The van der Waals surface area contributed by atoms with Gasteiger partial charge in [-0.15, -0.1) is 11.3 Å². The molecule has 1 atom stereocenters. The second-order valence-electron chi connectivity index (χ2n) is 7.09. The third-order valence-electron chi connectivity index (χ3n) is 5.22. The van der Waals surface area contributed by atoms with Gasteiger partial charge in [0.05, 0.1) is 5.57 Å². The van der Waals surface area contributed by atoms with Crippen LogP contribution in [0, 0.1) is 6.92 Å². The summed E-state index contributed by atoms with van der Waals surface area (Å²) in [6, 6.07) is 15.3. The number of rotatable bonds is 3. The predicted octanol–water partition coefficient (Wildman–Crippen LogP) is 4.41. The number of anilines is 1. The first-order valence-corrected chi connectivity index (χ1v) is 10.2. The first-order valence-electron chi connectivity index (χ1n) is 9.35. The Morgan fingerprint density at radius 1 is 1.07 bits per heavy atom. The molecule has 5 rings (SSSR count). The maximum atomic E-state index is 13.1. The third kappa shape index (κ3) is 2.86. The van der Waals surface area contributed by atoms with Crippen molar-refractivity contribution in [3.05, 3.63) is 81.6 Å². The zero-order chi connectivity index (χ0) is 20.8. The Balaban J connectivity index is 1.68. The lowest BCUT2D eigenvalue weighted by Gasteiger charge is -2.24. The van der Waals surface area contributed by atoms with E-state index in [2.05, 4.69) is 0 Å². The molecule has 0 saturated carbocycles. The summed E-state index contributed by atoms with van der Waals surface area (Å²) >= 11 is 1.42. The van der Waals surface area contributed by atoms with Crippen LogP contribution in [0.1, 0.15) is 22.0 Å². The van der Waals surface area contributed by atoms with Gasteiger partial charge < -0.3 is 14.6 Å². The van der Waals surface area contributed by atoms with Crippen molar-refractivity contribution in [2.75, 3.05) is 11.7 Å². The first kappa shape index (κ1) is 18.4. The molecule has 2 aliphatic rings. The molecule has 1 aromatic heterocycles. The van der Waals surface area contributed by atoms with Crippen LogP contribution >= 0.6 is 11.3 Å². The van der Waals surface area contributed by atoms with Crippen LogP contribution in [0.4, 0.5) is 5.69 Å². The normalized spacial score (nSPS) is 19.5. The van der Waals surface area contributed by atoms with Crippen molar-refractivity contribution in [3.63, 3.8) is 0 Å². The van der Waals surface area contributed by atoms with Gasteiger partial charge in [-0.1, -0.05) is 35.9 Å². The van der Waals surface area contributed by atoms with Gasteiger partial charge in [-0.05, 0) is 30.5 Å². The molecular formula is C23H17NO5S. The molecule has 7 heteroatoms. The number of hydrogen-bond donors (Lipinski definition) is 1. The lowest BCUT2D eigenvalue weighted by Crippen LogP contribution is -2.29. The lowest BCUT2D eigenvalue weighted by atomic mass is 9.99. The number of ketones is 1. The van der Waals surface area contributed by atoms with Gasteiger partial charge in [0.1, 0.15) is 11.8 Å². The Hall–Kier alpha value is -3.58. The van der Waals surface area contributed by atoms with E-state index in [4.69, 9.17) is 9.47 Å². The molecule has 0 aliphatic carbocycles. The number of aryl methyl sites for hydroxylation is 1. The predicted molar refractivity (Wildman–Crippen MR) is 113 cm³/mol. The van der Waals surface area contributed by atoms with Crippen molar-refractivity contribution in [1.29, 1.82) is 0 Å². The Morgan fingerprint density at radius 3 is 2.57 bits per heavy atom. The minimum atomic E-state index is -0.730. The number of fused-ring (bicyclic) bond motifs is 1. The van der Waals surface area contributed by atoms with Crippen molar-refractivity contribution in [2.24, 2.45) is 0 Å². The van der Waals surface area contributed by atoms with E-state index >= 15 is 0 Å². The van der Waals surface area contributed by atoms with Crippen LogP contribution < -0.4 is 14.4 Å². The Labute approximate surface area is 176 Å². The molecule has 3 aromatic rings. The Bertz CT molecular complexity index is 1180. The molecule has 0 radical (unpaired) electrons. The SMILES string of the molecule is Cc1ccc(/C(O)=C2/C(=O)C(=O)N(c3ccc4c(c3)OCO4)C2c2cccs2)cc1. The third-order valence-corrected chi connectivity index (χ3v) is 6.14. The largest absolute Gasteiger partial charge is 0.507 e. The molecule has 2 aromatic carbocycles. The van der Waals surface area contributed by atoms with Crippen LogP contribution in [0.15, 0.2) is 65.6 Å². The van der Waals surface area contributed by atoms with Crippen LogP contribution in [0.5, 0.6) is 11.5 Å². The summed E-state index contributed by atoms with van der Waals surface area (Å²) in [5.74, 6) is -0.499. The minimum absolute atomic E-state index is 0.0731. The number of ether oxygens (including phenoxy) is 2. The zero-order valence-electron chi connectivity index (χ0n) is 16.0. The fourth-order valence-corrected chi connectivity index (χ4v) is 4.54. The number of aliphatic hydroxyl groups is 1.